The van der Waals surface area contributed by atoms with E-state index in [2.05, 4.69) is 9.97 Å². The molecule has 0 saturated carbocycles. The second-order valence-corrected chi connectivity index (χ2v) is 6.05. The average molecular weight is 323 g/mol. The van der Waals surface area contributed by atoms with Gasteiger partial charge in [-0.1, -0.05) is 6.07 Å². The van der Waals surface area contributed by atoms with Gasteiger partial charge in [-0.25, -0.2) is 4.98 Å². The van der Waals surface area contributed by atoms with Gasteiger partial charge in [0.1, 0.15) is 5.69 Å². The number of rotatable bonds is 2. The van der Waals surface area contributed by atoms with Crippen LogP contribution < -0.4 is 0 Å². The molecule has 1 aromatic carbocycles. The summed E-state index contributed by atoms with van der Waals surface area (Å²) in [4.78, 5) is 8.87. The van der Waals surface area contributed by atoms with Crippen LogP contribution in [0, 0.1) is 6.92 Å². The Kier molecular flexibility index (Phi) is 3.60. The third-order valence-electron chi connectivity index (χ3n) is 3.23. The van der Waals surface area contributed by atoms with Gasteiger partial charge in [0.05, 0.1) is 11.0 Å². The SMILES string of the molecule is Cc1ccc(-c2nc3cc(SC(F)(F)F)ccc3n2C)nc1. The quantitative estimate of drug-likeness (QED) is 0.648. The molecular formula is C15H12F3N3S. The normalized spacial score (nSPS) is 12.0. The molecule has 2 aromatic heterocycles. The molecule has 0 amide bonds. The van der Waals surface area contributed by atoms with E-state index in [1.165, 1.54) is 12.1 Å². The third kappa shape index (κ3) is 2.94. The van der Waals surface area contributed by atoms with Gasteiger partial charge in [-0.15, -0.1) is 0 Å². The molecule has 0 saturated heterocycles. The van der Waals surface area contributed by atoms with Crippen molar-refractivity contribution in [3.8, 4) is 11.5 Å². The van der Waals surface area contributed by atoms with Crippen LogP contribution in [-0.4, -0.2) is 20.0 Å². The number of thioether (sulfide) groups is 1. The zero-order valence-corrected chi connectivity index (χ0v) is 12.7. The summed E-state index contributed by atoms with van der Waals surface area (Å²) in [6.45, 7) is 1.94. The van der Waals surface area contributed by atoms with E-state index < -0.39 is 5.51 Å². The van der Waals surface area contributed by atoms with Crippen LogP contribution in [0.1, 0.15) is 5.56 Å². The lowest BCUT2D eigenvalue weighted by atomic mass is 10.2. The molecule has 0 N–H and O–H groups in total. The lowest BCUT2D eigenvalue weighted by Gasteiger charge is -2.05. The predicted octanol–water partition coefficient (Wildman–Crippen LogP) is 4.56. The average Bonchev–Trinajstić information content (AvgIpc) is 2.75. The van der Waals surface area contributed by atoms with Crippen molar-refractivity contribution in [3.05, 3.63) is 42.1 Å². The minimum Gasteiger partial charge on any atom is -0.326 e. The predicted molar refractivity (Wildman–Crippen MR) is 80.6 cm³/mol. The van der Waals surface area contributed by atoms with Crippen molar-refractivity contribution >= 4 is 22.8 Å². The third-order valence-corrected chi connectivity index (χ3v) is 3.95. The highest BCUT2D eigenvalue weighted by atomic mass is 32.2. The first-order valence-electron chi connectivity index (χ1n) is 6.49. The summed E-state index contributed by atoms with van der Waals surface area (Å²) in [7, 11) is 1.82. The summed E-state index contributed by atoms with van der Waals surface area (Å²) in [5.41, 5.74) is -1.29. The molecule has 0 spiro atoms. The summed E-state index contributed by atoms with van der Waals surface area (Å²) in [5, 5.41) is 0. The van der Waals surface area contributed by atoms with Crippen LogP contribution >= 0.6 is 11.8 Å². The fourth-order valence-corrected chi connectivity index (χ4v) is 2.78. The molecule has 3 nitrogen and oxygen atoms in total. The molecular weight excluding hydrogens is 311 g/mol. The van der Waals surface area contributed by atoms with Crippen molar-refractivity contribution in [2.45, 2.75) is 17.3 Å². The highest BCUT2D eigenvalue weighted by Gasteiger charge is 2.29. The molecule has 0 radical (unpaired) electrons. The first-order chi connectivity index (χ1) is 10.3. The topological polar surface area (TPSA) is 30.7 Å². The fourth-order valence-electron chi connectivity index (χ4n) is 2.21. The Bertz CT molecular complexity index is 822. The Labute approximate surface area is 129 Å². The number of nitrogens with zero attached hydrogens (tertiary/aromatic N) is 3. The zero-order chi connectivity index (χ0) is 15.9. The van der Waals surface area contributed by atoms with Gasteiger partial charge in [0, 0.05) is 18.1 Å². The van der Waals surface area contributed by atoms with Crippen molar-refractivity contribution in [3.63, 3.8) is 0 Å². The molecule has 114 valence electrons. The van der Waals surface area contributed by atoms with E-state index >= 15 is 0 Å². The molecule has 0 aliphatic carbocycles. The number of benzene rings is 1. The van der Waals surface area contributed by atoms with Crippen molar-refractivity contribution in [1.82, 2.24) is 14.5 Å². The smallest absolute Gasteiger partial charge is 0.326 e. The van der Waals surface area contributed by atoms with Gasteiger partial charge in [-0.3, -0.25) is 4.98 Å². The van der Waals surface area contributed by atoms with Gasteiger partial charge in [0.2, 0.25) is 0 Å². The minimum atomic E-state index is -4.30. The maximum atomic E-state index is 12.5. The number of hydrogen-bond acceptors (Lipinski definition) is 3. The van der Waals surface area contributed by atoms with Crippen molar-refractivity contribution in [2.75, 3.05) is 0 Å². The molecule has 0 aliphatic heterocycles. The Morgan fingerprint density at radius 3 is 2.55 bits per heavy atom. The largest absolute Gasteiger partial charge is 0.446 e. The van der Waals surface area contributed by atoms with Crippen molar-refractivity contribution in [2.24, 2.45) is 7.05 Å². The van der Waals surface area contributed by atoms with E-state index in [0.717, 1.165) is 11.1 Å². The Hall–Kier alpha value is -2.02. The first-order valence-corrected chi connectivity index (χ1v) is 7.30. The second-order valence-electron chi connectivity index (χ2n) is 4.91. The van der Waals surface area contributed by atoms with E-state index in [-0.39, 0.29) is 16.7 Å². The number of alkyl halides is 3. The number of fused-ring (bicyclic) bond motifs is 1. The van der Waals surface area contributed by atoms with E-state index in [1.807, 2.05) is 30.7 Å². The molecule has 22 heavy (non-hydrogen) atoms. The number of pyridine rings is 1. The van der Waals surface area contributed by atoms with Crippen LogP contribution in [0.4, 0.5) is 13.2 Å². The summed E-state index contributed by atoms with van der Waals surface area (Å²) >= 11 is -0.136. The summed E-state index contributed by atoms with van der Waals surface area (Å²) < 4.78 is 39.2. The van der Waals surface area contributed by atoms with Gasteiger partial charge in [-0.2, -0.15) is 13.2 Å². The van der Waals surface area contributed by atoms with Crippen LogP contribution in [0.5, 0.6) is 0 Å². The van der Waals surface area contributed by atoms with Gasteiger partial charge in [-0.05, 0) is 48.5 Å². The lowest BCUT2D eigenvalue weighted by molar-refractivity contribution is -0.0328. The molecule has 7 heteroatoms. The number of halogens is 3. The number of aryl methyl sites for hydroxylation is 2. The number of imidazole rings is 1. The van der Waals surface area contributed by atoms with Crippen LogP contribution in [0.2, 0.25) is 0 Å². The minimum absolute atomic E-state index is 0.126. The highest BCUT2D eigenvalue weighted by molar-refractivity contribution is 8.00. The maximum absolute atomic E-state index is 12.5. The maximum Gasteiger partial charge on any atom is 0.446 e. The molecule has 2 heterocycles. The van der Waals surface area contributed by atoms with Gasteiger partial charge < -0.3 is 4.57 Å². The molecule has 0 atom stereocenters. The van der Waals surface area contributed by atoms with E-state index in [0.29, 0.717) is 17.0 Å². The van der Waals surface area contributed by atoms with Crippen molar-refractivity contribution in [1.29, 1.82) is 0 Å². The summed E-state index contributed by atoms with van der Waals surface area (Å²) in [5.74, 6) is 0.629. The molecule has 0 unspecified atom stereocenters. The number of aromatic nitrogens is 3. The van der Waals surface area contributed by atoms with Crippen molar-refractivity contribution < 1.29 is 13.2 Å². The Morgan fingerprint density at radius 1 is 1.14 bits per heavy atom. The van der Waals surface area contributed by atoms with Crippen LogP contribution in [0.3, 0.4) is 0 Å². The molecule has 0 bridgehead atoms. The van der Waals surface area contributed by atoms with E-state index in [1.54, 1.807) is 12.3 Å². The Morgan fingerprint density at radius 2 is 1.91 bits per heavy atom. The second kappa shape index (κ2) is 5.31. The zero-order valence-electron chi connectivity index (χ0n) is 11.8. The van der Waals surface area contributed by atoms with Gasteiger partial charge in [0.15, 0.2) is 5.82 Å². The summed E-state index contributed by atoms with van der Waals surface area (Å²) in [6, 6.07) is 8.32. The molecule has 3 aromatic rings. The standard InChI is InChI=1S/C15H12F3N3S/c1-9-3-5-11(19-8-9)14-20-12-7-10(22-15(16,17)18)4-6-13(12)21(14)2/h3-8H,1-2H3. The number of hydrogen-bond donors (Lipinski definition) is 0. The monoisotopic (exact) mass is 323 g/mol. The Balaban J connectivity index is 2.06. The van der Waals surface area contributed by atoms with E-state index in [4.69, 9.17) is 0 Å². The van der Waals surface area contributed by atoms with Gasteiger partial charge in [0.25, 0.3) is 0 Å². The van der Waals surface area contributed by atoms with Crippen LogP contribution in [0.25, 0.3) is 22.6 Å². The fraction of sp³-hybridized carbons (Fsp3) is 0.200. The lowest BCUT2D eigenvalue weighted by Crippen LogP contribution is -1.98. The summed E-state index contributed by atoms with van der Waals surface area (Å²) in [6.07, 6.45) is 1.74. The molecule has 0 fully saturated rings. The first kappa shape index (κ1) is 14.9. The molecule has 3 rings (SSSR count). The van der Waals surface area contributed by atoms with Crippen LogP contribution in [-0.2, 0) is 7.05 Å². The van der Waals surface area contributed by atoms with Crippen LogP contribution in [0.15, 0.2) is 41.4 Å². The van der Waals surface area contributed by atoms with Gasteiger partial charge >= 0.3 is 5.51 Å². The van der Waals surface area contributed by atoms with E-state index in [9.17, 15) is 13.2 Å². The highest BCUT2D eigenvalue weighted by Crippen LogP contribution is 2.38. The molecule has 0 aliphatic rings.